The summed E-state index contributed by atoms with van der Waals surface area (Å²) >= 11 is 0. The number of ether oxygens (including phenoxy) is 1. The monoisotopic (exact) mass is 355 g/mol. The van der Waals surface area contributed by atoms with Gasteiger partial charge in [-0.25, -0.2) is 0 Å². The number of hydrogen-bond donors (Lipinski definition) is 2. The minimum atomic E-state index is -0.225. The van der Waals surface area contributed by atoms with Gasteiger partial charge in [0, 0.05) is 43.3 Å². The third kappa shape index (κ3) is 4.33. The Balaban J connectivity index is 1.73. The Hall–Kier alpha value is -2.14. The van der Waals surface area contributed by atoms with Gasteiger partial charge in [0.25, 0.3) is 0 Å². The number of hydrogen-bond acceptors (Lipinski definition) is 3. The quantitative estimate of drug-likeness (QED) is 0.835. The van der Waals surface area contributed by atoms with Crippen LogP contribution in [-0.2, 0) is 21.4 Å². The topological polar surface area (TPSA) is 67.0 Å². The van der Waals surface area contributed by atoms with E-state index in [1.165, 1.54) is 11.1 Å². The van der Waals surface area contributed by atoms with Crippen LogP contribution in [0.1, 0.15) is 49.9 Å². The van der Waals surface area contributed by atoms with Crippen LogP contribution in [0.2, 0.25) is 0 Å². The van der Waals surface area contributed by atoms with Crippen molar-refractivity contribution in [1.29, 1.82) is 0 Å². The van der Waals surface area contributed by atoms with Gasteiger partial charge in [-0.1, -0.05) is 24.3 Å². The van der Waals surface area contributed by atoms with Crippen LogP contribution in [0.4, 0.5) is 0 Å². The van der Waals surface area contributed by atoms with Gasteiger partial charge in [-0.05, 0) is 50.8 Å². The number of aromatic amines is 1. The minimum Gasteiger partial charge on any atom is -0.376 e. The van der Waals surface area contributed by atoms with Crippen LogP contribution in [-0.4, -0.2) is 34.9 Å². The van der Waals surface area contributed by atoms with Crippen molar-refractivity contribution < 1.29 is 9.53 Å². The van der Waals surface area contributed by atoms with Crippen LogP contribution in [0, 0.1) is 6.92 Å². The maximum atomic E-state index is 12.8. The highest BCUT2D eigenvalue weighted by molar-refractivity contribution is 5.77. The molecule has 0 radical (unpaired) electrons. The average molecular weight is 355 g/mol. The van der Waals surface area contributed by atoms with E-state index in [0.717, 1.165) is 25.0 Å². The van der Waals surface area contributed by atoms with Crippen LogP contribution in [0.5, 0.6) is 0 Å². The molecule has 1 amide bonds. The summed E-state index contributed by atoms with van der Waals surface area (Å²) < 4.78 is 5.95. The van der Waals surface area contributed by atoms with E-state index in [-0.39, 0.29) is 16.9 Å². The molecule has 3 rings (SSSR count). The fourth-order valence-corrected chi connectivity index (χ4v) is 4.25. The summed E-state index contributed by atoms with van der Waals surface area (Å²) in [5.74, 6) is 0.102. The zero-order valence-electron chi connectivity index (χ0n) is 16.0. The molecule has 0 saturated carbocycles. The average Bonchev–Trinajstić information content (AvgIpc) is 3.07. The van der Waals surface area contributed by atoms with Crippen molar-refractivity contribution in [2.24, 2.45) is 0 Å². The van der Waals surface area contributed by atoms with Gasteiger partial charge in [-0.2, -0.15) is 5.10 Å². The van der Waals surface area contributed by atoms with Crippen molar-refractivity contribution in [3.63, 3.8) is 0 Å². The first-order valence-electron chi connectivity index (χ1n) is 9.35. The number of carbonyl (C=O) groups is 1. The Morgan fingerprint density at radius 2 is 2.12 bits per heavy atom. The second-order valence-corrected chi connectivity index (χ2v) is 7.99. The first-order chi connectivity index (χ1) is 12.4. The van der Waals surface area contributed by atoms with Gasteiger partial charge in [-0.3, -0.25) is 9.89 Å². The molecule has 1 fully saturated rings. The van der Waals surface area contributed by atoms with Gasteiger partial charge in [0.2, 0.25) is 5.91 Å². The molecule has 1 atom stereocenters. The van der Waals surface area contributed by atoms with E-state index >= 15 is 0 Å². The van der Waals surface area contributed by atoms with Crippen molar-refractivity contribution in [2.75, 3.05) is 13.2 Å². The van der Waals surface area contributed by atoms with Crippen LogP contribution < -0.4 is 5.32 Å². The van der Waals surface area contributed by atoms with Crippen molar-refractivity contribution in [2.45, 2.75) is 57.5 Å². The van der Waals surface area contributed by atoms with E-state index in [2.05, 4.69) is 60.6 Å². The van der Waals surface area contributed by atoms with Crippen LogP contribution in [0.25, 0.3) is 0 Å². The predicted octanol–water partition coefficient (Wildman–Crippen LogP) is 3.29. The number of H-pyrrole nitrogens is 1. The van der Waals surface area contributed by atoms with Crippen molar-refractivity contribution in [3.8, 4) is 0 Å². The molecule has 5 heteroatoms. The van der Waals surface area contributed by atoms with Crippen LogP contribution >= 0.6 is 0 Å². The molecular formula is C21H29N3O2. The van der Waals surface area contributed by atoms with Gasteiger partial charge < -0.3 is 10.1 Å². The molecule has 1 aromatic carbocycles. The number of nitrogens with one attached hydrogen (secondary N) is 2. The first kappa shape index (κ1) is 18.6. The standard InChI is InChI=1S/C21H29N3O2/c1-16-6-4-5-7-18(16)21(10-13-26-20(2,3)15-21)14-19(25)22-11-8-17-9-12-23-24-17/h4-7,9,12H,8,10-11,13-15H2,1-3H3,(H,22,25)(H,23,24). The van der Waals surface area contributed by atoms with Gasteiger partial charge in [0.15, 0.2) is 0 Å². The Labute approximate surface area is 155 Å². The third-order valence-corrected chi connectivity index (χ3v) is 5.33. The second kappa shape index (κ2) is 7.62. The smallest absolute Gasteiger partial charge is 0.220 e. The van der Waals surface area contributed by atoms with Crippen molar-refractivity contribution >= 4 is 5.91 Å². The number of aromatic nitrogens is 2. The summed E-state index contributed by atoms with van der Waals surface area (Å²) in [7, 11) is 0. The van der Waals surface area contributed by atoms with Gasteiger partial charge >= 0.3 is 0 Å². The van der Waals surface area contributed by atoms with Gasteiger partial charge in [0.05, 0.1) is 5.60 Å². The number of aryl methyl sites for hydroxylation is 1. The van der Waals surface area contributed by atoms with E-state index in [1.54, 1.807) is 6.20 Å². The van der Waals surface area contributed by atoms with Gasteiger partial charge in [0.1, 0.15) is 0 Å². The minimum absolute atomic E-state index is 0.102. The highest BCUT2D eigenvalue weighted by Crippen LogP contribution is 2.45. The number of amides is 1. The van der Waals surface area contributed by atoms with Gasteiger partial charge in [-0.15, -0.1) is 0 Å². The molecule has 2 heterocycles. The molecule has 1 aliphatic heterocycles. The Bertz CT molecular complexity index is 739. The zero-order chi connectivity index (χ0) is 18.6. The van der Waals surface area contributed by atoms with Crippen LogP contribution in [0.15, 0.2) is 36.5 Å². The molecule has 0 aliphatic carbocycles. The summed E-state index contributed by atoms with van der Waals surface area (Å²) in [5.41, 5.74) is 3.16. The Morgan fingerprint density at radius 1 is 1.31 bits per heavy atom. The molecule has 26 heavy (non-hydrogen) atoms. The summed E-state index contributed by atoms with van der Waals surface area (Å²) in [6.45, 7) is 7.67. The SMILES string of the molecule is Cc1ccccc1C1(CC(=O)NCCc2ccn[nH]2)CCOC(C)(C)C1. The normalized spacial score (nSPS) is 22.1. The molecule has 0 bridgehead atoms. The first-order valence-corrected chi connectivity index (χ1v) is 9.35. The molecule has 140 valence electrons. The number of nitrogens with zero attached hydrogens (tertiary/aromatic N) is 1. The Kier molecular flexibility index (Phi) is 5.47. The van der Waals surface area contributed by atoms with Crippen LogP contribution in [0.3, 0.4) is 0 Å². The summed E-state index contributed by atoms with van der Waals surface area (Å²) in [5, 5.41) is 9.95. The summed E-state index contributed by atoms with van der Waals surface area (Å²) in [6.07, 6.45) is 4.70. The molecule has 1 unspecified atom stereocenters. The maximum Gasteiger partial charge on any atom is 0.220 e. The van der Waals surface area contributed by atoms with E-state index in [9.17, 15) is 4.79 Å². The predicted molar refractivity (Wildman–Crippen MR) is 102 cm³/mol. The lowest BCUT2D eigenvalue weighted by Crippen LogP contribution is -2.47. The molecule has 1 saturated heterocycles. The number of rotatable bonds is 6. The lowest BCUT2D eigenvalue weighted by molar-refractivity contribution is -0.126. The van der Waals surface area contributed by atoms with E-state index in [1.807, 2.05) is 6.07 Å². The fourth-order valence-electron chi connectivity index (χ4n) is 4.25. The molecular weight excluding hydrogens is 326 g/mol. The van der Waals surface area contributed by atoms with E-state index in [0.29, 0.717) is 19.6 Å². The Morgan fingerprint density at radius 3 is 2.81 bits per heavy atom. The van der Waals surface area contributed by atoms with E-state index < -0.39 is 0 Å². The highest BCUT2D eigenvalue weighted by Gasteiger charge is 2.44. The molecule has 1 aromatic heterocycles. The molecule has 0 spiro atoms. The third-order valence-electron chi connectivity index (χ3n) is 5.33. The maximum absolute atomic E-state index is 12.8. The zero-order valence-corrected chi connectivity index (χ0v) is 16.0. The van der Waals surface area contributed by atoms with E-state index in [4.69, 9.17) is 4.74 Å². The summed E-state index contributed by atoms with van der Waals surface area (Å²) in [6, 6.07) is 10.4. The lowest BCUT2D eigenvalue weighted by atomic mass is 9.66. The molecule has 2 N–H and O–H groups in total. The highest BCUT2D eigenvalue weighted by atomic mass is 16.5. The molecule has 1 aliphatic rings. The second-order valence-electron chi connectivity index (χ2n) is 7.99. The fraction of sp³-hybridized carbons (Fsp3) is 0.524. The lowest BCUT2D eigenvalue weighted by Gasteiger charge is -2.45. The number of carbonyl (C=O) groups excluding carboxylic acids is 1. The largest absolute Gasteiger partial charge is 0.376 e. The molecule has 2 aromatic rings. The number of benzene rings is 1. The van der Waals surface area contributed by atoms with Crippen molar-refractivity contribution in [1.82, 2.24) is 15.5 Å². The molecule has 5 nitrogen and oxygen atoms in total. The summed E-state index contributed by atoms with van der Waals surface area (Å²) in [4.78, 5) is 12.8. The van der Waals surface area contributed by atoms with Crippen molar-refractivity contribution in [3.05, 3.63) is 53.3 Å².